The summed E-state index contributed by atoms with van der Waals surface area (Å²) in [5, 5.41) is 0. The van der Waals surface area contributed by atoms with Gasteiger partial charge in [0.15, 0.2) is 0 Å². The first-order valence-electron chi connectivity index (χ1n) is 0.577. The van der Waals surface area contributed by atoms with Crippen LogP contribution in [-0.2, 0) is 0 Å². The van der Waals surface area contributed by atoms with Crippen molar-refractivity contribution in [2.24, 2.45) is 5.73 Å². The fraction of sp³-hybridized carbons (Fsp3) is 1.00. The zero-order valence-corrected chi connectivity index (χ0v) is 9.90. The van der Waals surface area contributed by atoms with Crippen LogP contribution >= 0.6 is 17.0 Å². The van der Waals surface area contributed by atoms with Gasteiger partial charge in [-0.3, -0.25) is 0 Å². The Bertz CT molecular complexity index is 8.00. The molecule has 0 aromatic carbocycles. The van der Waals surface area contributed by atoms with E-state index in [1.54, 1.807) is 0 Å². The summed E-state index contributed by atoms with van der Waals surface area (Å²) >= 11 is 0. The van der Waals surface area contributed by atoms with Gasteiger partial charge in [-0.2, -0.15) is 0 Å². The average Bonchev–Trinajstić information content (AvgIpc) is 1.00. The van der Waals surface area contributed by atoms with Crippen molar-refractivity contribution in [1.29, 1.82) is 0 Å². The summed E-state index contributed by atoms with van der Waals surface area (Å²) in [7, 11) is 1.50. The molecule has 0 aliphatic carbocycles. The van der Waals surface area contributed by atoms with Gasteiger partial charge in [0.2, 0.25) is 0 Å². The average molecular weight is 324 g/mol. The zero-order valence-electron chi connectivity index (χ0n) is 2.69. The van der Waals surface area contributed by atoms with Gasteiger partial charge >= 0.3 is 26.2 Å². The first-order valence-corrected chi connectivity index (χ1v) is 0.577. The molecule has 0 heterocycles. The molecule has 1 nitrogen and oxygen atoms in total. The van der Waals surface area contributed by atoms with Gasteiger partial charge in [-0.25, -0.2) is 0 Å². The van der Waals surface area contributed by atoms with E-state index in [0.29, 0.717) is 0 Å². The van der Waals surface area contributed by atoms with Crippen molar-refractivity contribution in [3.05, 3.63) is 0 Å². The van der Waals surface area contributed by atoms with E-state index < -0.39 is 0 Å². The van der Waals surface area contributed by atoms with Crippen LogP contribution < -0.4 is 5.73 Å². The van der Waals surface area contributed by atoms with E-state index in [2.05, 4.69) is 5.73 Å². The quantitative estimate of drug-likeness (QED) is 0.567. The Labute approximate surface area is 55.8 Å². The van der Waals surface area contributed by atoms with Crippen molar-refractivity contribution in [1.82, 2.24) is 0 Å². The van der Waals surface area contributed by atoms with Crippen LogP contribution in [0, 0.1) is 0 Å². The topological polar surface area (TPSA) is 26.0 Å². The Balaban J connectivity index is -0.00000000500. The molecule has 0 amide bonds. The summed E-state index contributed by atoms with van der Waals surface area (Å²) in [5.41, 5.74) is 4.50. The molecule has 0 aromatic heterocycles. The molecule has 3 heteroatoms. The maximum absolute atomic E-state index is 4.50. The first kappa shape index (κ1) is 18.4. The molecular weight excluding hydrogens is 315 g/mol. The summed E-state index contributed by atoms with van der Waals surface area (Å²) in [6, 6.07) is 0. The molecule has 4 heavy (non-hydrogen) atoms. The van der Waals surface area contributed by atoms with Gasteiger partial charge < -0.3 is 5.73 Å². The SMILES string of the molecule is Br.CN.[BiH3]. The summed E-state index contributed by atoms with van der Waals surface area (Å²) < 4.78 is 0. The van der Waals surface area contributed by atoms with Crippen LogP contribution in [0.2, 0.25) is 0 Å². The molecule has 0 aromatic rings. The molecule has 0 unspecified atom stereocenters. The molecule has 30 valence electrons. The molecule has 0 spiro atoms. The summed E-state index contributed by atoms with van der Waals surface area (Å²) in [4.78, 5) is 0. The normalized spacial score (nSPS) is 1.50. The monoisotopic (exact) mass is 323 g/mol. The van der Waals surface area contributed by atoms with Crippen molar-refractivity contribution in [2.75, 3.05) is 7.05 Å². The van der Waals surface area contributed by atoms with Crippen molar-refractivity contribution in [3.8, 4) is 0 Å². The Morgan fingerprint density at radius 2 is 1.25 bits per heavy atom. The van der Waals surface area contributed by atoms with Crippen molar-refractivity contribution in [3.63, 3.8) is 0 Å². The van der Waals surface area contributed by atoms with Gasteiger partial charge in [0.1, 0.15) is 0 Å². The van der Waals surface area contributed by atoms with E-state index in [4.69, 9.17) is 0 Å². The third-order valence-electron chi connectivity index (χ3n) is 0. The van der Waals surface area contributed by atoms with Crippen molar-refractivity contribution < 1.29 is 0 Å². The van der Waals surface area contributed by atoms with Gasteiger partial charge in [0.05, 0.1) is 0 Å². The second-order valence-electron chi connectivity index (χ2n) is 0. The van der Waals surface area contributed by atoms with Gasteiger partial charge in [0, 0.05) is 0 Å². The van der Waals surface area contributed by atoms with E-state index in [9.17, 15) is 0 Å². The molecule has 0 saturated carbocycles. The van der Waals surface area contributed by atoms with E-state index in [-0.39, 0.29) is 43.2 Å². The Hall–Kier alpha value is 1.32. The first-order chi connectivity index (χ1) is 1.00. The summed E-state index contributed by atoms with van der Waals surface area (Å²) in [6.45, 7) is 0. The molecule has 0 aliphatic heterocycles. The van der Waals surface area contributed by atoms with Gasteiger partial charge in [-0.15, -0.1) is 17.0 Å². The van der Waals surface area contributed by atoms with Crippen LogP contribution in [0.3, 0.4) is 0 Å². The standard InChI is InChI=1S/CH5N.Bi.BrH.3H/c1-2;;;;;/h2H2,1H3;;1H;;;. The predicted molar refractivity (Wildman–Crippen MR) is 30.4 cm³/mol. The van der Waals surface area contributed by atoms with Gasteiger partial charge in [-0.1, -0.05) is 0 Å². The molecule has 2 N–H and O–H groups in total. The van der Waals surface area contributed by atoms with Crippen LogP contribution in [0.25, 0.3) is 0 Å². The molecule has 0 saturated heterocycles. The van der Waals surface area contributed by atoms with Crippen LogP contribution in [0.15, 0.2) is 0 Å². The predicted octanol–water partition coefficient (Wildman–Crippen LogP) is -1.03. The van der Waals surface area contributed by atoms with Crippen LogP contribution in [0.1, 0.15) is 0 Å². The molecule has 0 atom stereocenters. The van der Waals surface area contributed by atoms with E-state index in [1.807, 2.05) is 0 Å². The second-order valence-corrected chi connectivity index (χ2v) is 0. The number of nitrogens with two attached hydrogens (primary N) is 1. The van der Waals surface area contributed by atoms with Gasteiger partial charge in [0.25, 0.3) is 0 Å². The van der Waals surface area contributed by atoms with Gasteiger partial charge in [-0.05, 0) is 7.05 Å². The molecular formula is CH9BiBrN. The third-order valence-corrected chi connectivity index (χ3v) is 0. The van der Waals surface area contributed by atoms with E-state index >= 15 is 0 Å². The number of hydrogen-bond donors (Lipinski definition) is 1. The maximum atomic E-state index is 4.50. The zero-order chi connectivity index (χ0) is 2.00. The summed E-state index contributed by atoms with van der Waals surface area (Å²) in [6.07, 6.45) is 0. The minimum absolute atomic E-state index is 0. The third kappa shape index (κ3) is 10.2. The van der Waals surface area contributed by atoms with E-state index in [0.717, 1.165) is 0 Å². The fourth-order valence-corrected chi connectivity index (χ4v) is 0. The second kappa shape index (κ2) is 27.3. The van der Waals surface area contributed by atoms with Crippen molar-refractivity contribution in [2.45, 2.75) is 0 Å². The number of halogens is 1. The summed E-state index contributed by atoms with van der Waals surface area (Å²) in [5.74, 6) is 0. The molecule has 0 bridgehead atoms. The van der Waals surface area contributed by atoms with Crippen molar-refractivity contribution >= 4 is 43.2 Å². The molecule has 0 rings (SSSR count). The number of rotatable bonds is 0. The number of hydrogen-bond acceptors (Lipinski definition) is 1. The molecule has 0 aliphatic rings. The van der Waals surface area contributed by atoms with Crippen LogP contribution in [-0.4, -0.2) is 33.3 Å². The Morgan fingerprint density at radius 3 is 1.25 bits per heavy atom. The molecule has 0 radical (unpaired) electrons. The van der Waals surface area contributed by atoms with Crippen LogP contribution in [0.5, 0.6) is 0 Å². The fourth-order valence-electron chi connectivity index (χ4n) is 0. The minimum atomic E-state index is 0. The Kier molecular flexibility index (Phi) is 126. The van der Waals surface area contributed by atoms with Crippen LogP contribution in [0.4, 0.5) is 0 Å². The Morgan fingerprint density at radius 1 is 1.25 bits per heavy atom. The molecule has 0 fully saturated rings. The van der Waals surface area contributed by atoms with E-state index in [1.165, 1.54) is 7.05 Å².